The third-order valence-electron chi connectivity index (χ3n) is 4.50. The molecule has 2 aromatic rings. The normalized spacial score (nSPS) is 13.7. The van der Waals surface area contributed by atoms with E-state index in [0.717, 1.165) is 42.2 Å². The maximum absolute atomic E-state index is 12.0. The Morgan fingerprint density at radius 3 is 2.54 bits per heavy atom. The summed E-state index contributed by atoms with van der Waals surface area (Å²) in [6.07, 6.45) is 8.64. The zero-order valence-electron chi connectivity index (χ0n) is 14.0. The average Bonchev–Trinajstić information content (AvgIpc) is 2.95. The van der Waals surface area contributed by atoms with Crippen molar-refractivity contribution >= 4 is 11.3 Å². The molecule has 1 heterocycles. The van der Waals surface area contributed by atoms with E-state index in [0.29, 0.717) is 0 Å². The van der Waals surface area contributed by atoms with E-state index in [1.165, 1.54) is 41.7 Å². The summed E-state index contributed by atoms with van der Waals surface area (Å²) >= 11 is 1.31. The van der Waals surface area contributed by atoms with E-state index in [9.17, 15) is 4.79 Å². The van der Waals surface area contributed by atoms with E-state index in [-0.39, 0.29) is 4.87 Å². The van der Waals surface area contributed by atoms with Gasteiger partial charge in [-0.1, -0.05) is 35.6 Å². The van der Waals surface area contributed by atoms with E-state index in [1.54, 1.807) is 0 Å². The number of aromatic nitrogens is 1. The lowest BCUT2D eigenvalue weighted by Gasteiger charge is -2.19. The Balaban J connectivity index is 1.92. The number of benzene rings is 1. The molecule has 1 N–H and O–H groups in total. The zero-order valence-corrected chi connectivity index (χ0v) is 14.8. The Bertz CT molecular complexity index is 777. The number of nitrogens with one attached hydrogen (secondary N) is 1. The minimum Gasteiger partial charge on any atom is -0.312 e. The highest BCUT2D eigenvalue weighted by molar-refractivity contribution is 7.09. The number of aromatic amines is 1. The number of thiazole rings is 1. The van der Waals surface area contributed by atoms with E-state index >= 15 is 0 Å². The summed E-state index contributed by atoms with van der Waals surface area (Å²) in [7, 11) is 0. The Labute approximate surface area is 147 Å². The van der Waals surface area contributed by atoms with Crippen LogP contribution < -0.4 is 4.87 Å². The Kier molecular flexibility index (Phi) is 5.48. The summed E-state index contributed by atoms with van der Waals surface area (Å²) in [6, 6.07) is 6.65. The molecule has 4 heteroatoms. The van der Waals surface area contributed by atoms with Crippen LogP contribution in [-0.2, 0) is 19.4 Å². The first kappa shape index (κ1) is 16.9. The second-order valence-electron chi connectivity index (χ2n) is 6.27. The van der Waals surface area contributed by atoms with Crippen LogP contribution >= 0.6 is 11.3 Å². The van der Waals surface area contributed by atoms with Crippen LogP contribution in [0.1, 0.15) is 28.8 Å². The quantitative estimate of drug-likeness (QED) is 0.769. The molecule has 0 atom stereocenters. The first-order valence-corrected chi connectivity index (χ1v) is 9.31. The Morgan fingerprint density at radius 2 is 1.83 bits per heavy atom. The molecular formula is C20H24N2OS. The molecule has 0 spiro atoms. The predicted octanol–water partition coefficient (Wildman–Crippen LogP) is 4.16. The smallest absolute Gasteiger partial charge is 0.305 e. The minimum absolute atomic E-state index is 0.00915. The van der Waals surface area contributed by atoms with Gasteiger partial charge >= 0.3 is 4.87 Å². The van der Waals surface area contributed by atoms with Crippen molar-refractivity contribution < 1.29 is 0 Å². The van der Waals surface area contributed by atoms with E-state index in [1.807, 2.05) is 12.2 Å². The fourth-order valence-electron chi connectivity index (χ4n) is 3.37. The number of hydrogen-bond donors (Lipinski definition) is 1. The largest absolute Gasteiger partial charge is 0.312 e. The maximum Gasteiger partial charge on any atom is 0.305 e. The standard InChI is InChI=1S/C20H24N2OS/c1-3-11-22(12-4-2)14-18-19(21-20(23)24-18)17-10-9-15-7-5-6-8-16(15)13-17/h3-4,9-10,13H,1-2,5-8,11-12,14H2,(H,21,23). The number of rotatable bonds is 7. The van der Waals surface area contributed by atoms with Gasteiger partial charge in [0.25, 0.3) is 0 Å². The molecule has 1 aromatic carbocycles. The van der Waals surface area contributed by atoms with Gasteiger partial charge in [0.1, 0.15) is 0 Å². The summed E-state index contributed by atoms with van der Waals surface area (Å²) in [4.78, 5) is 18.3. The van der Waals surface area contributed by atoms with Gasteiger partial charge in [-0.25, -0.2) is 0 Å². The molecule has 0 fully saturated rings. The zero-order chi connectivity index (χ0) is 16.9. The van der Waals surface area contributed by atoms with Crippen LogP contribution in [0, 0.1) is 0 Å². The molecule has 24 heavy (non-hydrogen) atoms. The molecule has 1 aromatic heterocycles. The third kappa shape index (κ3) is 3.77. The van der Waals surface area contributed by atoms with Crippen molar-refractivity contribution in [2.24, 2.45) is 0 Å². The van der Waals surface area contributed by atoms with Crippen molar-refractivity contribution in [3.63, 3.8) is 0 Å². The van der Waals surface area contributed by atoms with Gasteiger partial charge < -0.3 is 4.98 Å². The number of nitrogens with zero attached hydrogens (tertiary/aromatic N) is 1. The molecule has 0 unspecified atom stereocenters. The highest BCUT2D eigenvalue weighted by Gasteiger charge is 2.16. The SMILES string of the molecule is C=CCN(CC=C)Cc1sc(=O)[nH]c1-c1ccc2c(c1)CCCC2. The van der Waals surface area contributed by atoms with Gasteiger partial charge in [0, 0.05) is 24.5 Å². The van der Waals surface area contributed by atoms with Crippen molar-refractivity contribution in [1.82, 2.24) is 9.88 Å². The van der Waals surface area contributed by atoms with Crippen LogP contribution in [0.3, 0.4) is 0 Å². The number of aryl methyl sites for hydroxylation is 2. The molecule has 0 saturated carbocycles. The molecular weight excluding hydrogens is 316 g/mol. The first-order chi connectivity index (χ1) is 11.7. The summed E-state index contributed by atoms with van der Waals surface area (Å²) in [5, 5.41) is 0. The van der Waals surface area contributed by atoms with Gasteiger partial charge in [-0.3, -0.25) is 9.69 Å². The minimum atomic E-state index is 0.00915. The van der Waals surface area contributed by atoms with Crippen molar-refractivity contribution in [1.29, 1.82) is 0 Å². The second-order valence-corrected chi connectivity index (χ2v) is 7.34. The van der Waals surface area contributed by atoms with Crippen LogP contribution in [0.15, 0.2) is 48.3 Å². The van der Waals surface area contributed by atoms with Crippen molar-refractivity contribution in [2.45, 2.75) is 32.2 Å². The van der Waals surface area contributed by atoms with Crippen molar-refractivity contribution in [3.05, 3.63) is 69.2 Å². The van der Waals surface area contributed by atoms with Crippen LogP contribution in [0.4, 0.5) is 0 Å². The highest BCUT2D eigenvalue weighted by atomic mass is 32.1. The Hall–Kier alpha value is -1.91. The summed E-state index contributed by atoms with van der Waals surface area (Å²) in [6.45, 7) is 9.92. The van der Waals surface area contributed by atoms with Crippen molar-refractivity contribution in [3.8, 4) is 11.3 Å². The van der Waals surface area contributed by atoms with E-state index in [4.69, 9.17) is 0 Å². The number of hydrogen-bond acceptors (Lipinski definition) is 3. The Morgan fingerprint density at radius 1 is 1.12 bits per heavy atom. The van der Waals surface area contributed by atoms with Gasteiger partial charge in [0.05, 0.1) is 5.69 Å². The molecule has 3 nitrogen and oxygen atoms in total. The summed E-state index contributed by atoms with van der Waals surface area (Å²) < 4.78 is 0. The van der Waals surface area contributed by atoms with Gasteiger partial charge in [0.2, 0.25) is 0 Å². The fourth-order valence-corrected chi connectivity index (χ4v) is 4.26. The summed E-state index contributed by atoms with van der Waals surface area (Å²) in [5.41, 5.74) is 4.99. The van der Waals surface area contributed by atoms with E-state index < -0.39 is 0 Å². The predicted molar refractivity (Wildman–Crippen MR) is 103 cm³/mol. The molecule has 0 amide bonds. The van der Waals surface area contributed by atoms with E-state index in [2.05, 4.69) is 41.2 Å². The topological polar surface area (TPSA) is 36.1 Å². The molecule has 0 bridgehead atoms. The maximum atomic E-state index is 12.0. The molecule has 0 aliphatic heterocycles. The number of H-pyrrole nitrogens is 1. The molecule has 1 aliphatic carbocycles. The average molecular weight is 340 g/mol. The van der Waals surface area contributed by atoms with Gasteiger partial charge in [0.15, 0.2) is 0 Å². The molecule has 0 radical (unpaired) electrons. The molecule has 0 saturated heterocycles. The lowest BCUT2D eigenvalue weighted by molar-refractivity contribution is 0.331. The third-order valence-corrected chi connectivity index (χ3v) is 5.37. The monoisotopic (exact) mass is 340 g/mol. The van der Waals surface area contributed by atoms with Gasteiger partial charge in [-0.2, -0.15) is 0 Å². The van der Waals surface area contributed by atoms with Crippen LogP contribution in [0.25, 0.3) is 11.3 Å². The highest BCUT2D eigenvalue weighted by Crippen LogP contribution is 2.29. The molecule has 1 aliphatic rings. The number of fused-ring (bicyclic) bond motifs is 1. The van der Waals surface area contributed by atoms with Crippen LogP contribution in [-0.4, -0.2) is 23.0 Å². The molecule has 126 valence electrons. The second kappa shape index (κ2) is 7.77. The van der Waals surface area contributed by atoms with Gasteiger partial charge in [-0.05, 0) is 48.4 Å². The van der Waals surface area contributed by atoms with Crippen LogP contribution in [0.5, 0.6) is 0 Å². The van der Waals surface area contributed by atoms with Gasteiger partial charge in [-0.15, -0.1) is 13.2 Å². The first-order valence-electron chi connectivity index (χ1n) is 8.49. The lowest BCUT2D eigenvalue weighted by atomic mass is 9.90. The summed E-state index contributed by atoms with van der Waals surface area (Å²) in [5.74, 6) is 0. The molecule has 3 rings (SSSR count). The lowest BCUT2D eigenvalue weighted by Crippen LogP contribution is -2.23. The fraction of sp³-hybridized carbons (Fsp3) is 0.350. The van der Waals surface area contributed by atoms with Crippen LogP contribution in [0.2, 0.25) is 0 Å². The van der Waals surface area contributed by atoms with Crippen molar-refractivity contribution in [2.75, 3.05) is 13.1 Å².